The lowest BCUT2D eigenvalue weighted by atomic mass is 9.89. The van der Waals surface area contributed by atoms with Crippen LogP contribution in [0.25, 0.3) is 0 Å². The summed E-state index contributed by atoms with van der Waals surface area (Å²) in [5.41, 5.74) is 1.64. The number of benzene rings is 3. The van der Waals surface area contributed by atoms with Crippen LogP contribution < -0.4 is 14.4 Å². The summed E-state index contributed by atoms with van der Waals surface area (Å²) in [4.78, 5) is 13.4. The number of nitrogens with zero attached hydrogens (tertiary/aromatic N) is 1. The summed E-state index contributed by atoms with van der Waals surface area (Å²) in [5, 5.41) is 3.50. The van der Waals surface area contributed by atoms with Crippen molar-refractivity contribution in [3.05, 3.63) is 87.9 Å². The van der Waals surface area contributed by atoms with Gasteiger partial charge in [0.15, 0.2) is 0 Å². The first kappa shape index (κ1) is 25.4. The van der Waals surface area contributed by atoms with E-state index in [9.17, 15) is 13.2 Å². The van der Waals surface area contributed by atoms with Crippen molar-refractivity contribution in [2.45, 2.75) is 43.7 Å². The van der Waals surface area contributed by atoms with Crippen LogP contribution in [0.5, 0.6) is 5.75 Å². The summed E-state index contributed by atoms with van der Waals surface area (Å²) in [7, 11) is -4.06. The molecule has 0 spiro atoms. The van der Waals surface area contributed by atoms with Crippen LogP contribution in [0.2, 0.25) is 10.0 Å². The molecule has 4 rings (SSSR count). The molecular weight excluding hydrogens is 507 g/mol. The quantitative estimate of drug-likeness (QED) is 0.427. The molecule has 0 aromatic heterocycles. The minimum absolute atomic E-state index is 0.0621. The normalized spacial score (nSPS) is 16.7. The van der Waals surface area contributed by atoms with Crippen LogP contribution in [0.4, 0.5) is 5.69 Å². The molecule has 6 nitrogen and oxygen atoms in total. The maximum Gasteiger partial charge on any atom is 0.264 e. The molecule has 1 aliphatic rings. The van der Waals surface area contributed by atoms with E-state index in [1.165, 1.54) is 30.3 Å². The van der Waals surface area contributed by atoms with Crippen LogP contribution in [-0.4, -0.2) is 26.5 Å². The Kier molecular flexibility index (Phi) is 7.04. The summed E-state index contributed by atoms with van der Waals surface area (Å²) in [5.74, 6) is 0.251. The molecule has 3 aromatic rings. The highest BCUT2D eigenvalue weighted by Crippen LogP contribution is 2.40. The van der Waals surface area contributed by atoms with E-state index in [0.29, 0.717) is 12.2 Å². The largest absolute Gasteiger partial charge is 0.487 e. The van der Waals surface area contributed by atoms with Crippen molar-refractivity contribution in [2.75, 3.05) is 10.8 Å². The highest BCUT2D eigenvalue weighted by Gasteiger charge is 2.35. The molecule has 1 atom stereocenters. The van der Waals surface area contributed by atoms with Crippen molar-refractivity contribution >= 4 is 44.8 Å². The van der Waals surface area contributed by atoms with Crippen LogP contribution in [0.3, 0.4) is 0 Å². The van der Waals surface area contributed by atoms with Crippen molar-refractivity contribution in [2.24, 2.45) is 0 Å². The highest BCUT2D eigenvalue weighted by atomic mass is 35.5. The molecule has 0 fully saturated rings. The average Bonchev–Trinajstić information content (AvgIpc) is 2.80. The van der Waals surface area contributed by atoms with Gasteiger partial charge in [-0.1, -0.05) is 59.1 Å². The number of carbonyl (C=O) groups is 1. The van der Waals surface area contributed by atoms with E-state index in [4.69, 9.17) is 27.9 Å². The molecule has 1 amide bonds. The predicted octanol–water partition coefficient (Wildman–Crippen LogP) is 5.92. The molecule has 35 heavy (non-hydrogen) atoms. The zero-order valence-electron chi connectivity index (χ0n) is 19.6. The maximum absolute atomic E-state index is 13.6. The van der Waals surface area contributed by atoms with E-state index in [1.807, 2.05) is 39.0 Å². The van der Waals surface area contributed by atoms with Gasteiger partial charge < -0.3 is 10.1 Å². The standard InChI is InChI=1S/C26H26Cl2N2O4S/c1-17-9-12-24-20(13-17)23(15-26(2,3)34-24)29-25(31)16-30(18-10-11-21(27)22(28)14-18)35(32,33)19-7-5-4-6-8-19/h4-14,23H,15-16H2,1-3H3,(H,29,31). The zero-order valence-corrected chi connectivity index (χ0v) is 21.9. The molecule has 0 aliphatic carbocycles. The number of fused-ring (bicyclic) bond motifs is 1. The molecule has 0 radical (unpaired) electrons. The first-order valence-electron chi connectivity index (χ1n) is 11.1. The lowest BCUT2D eigenvalue weighted by Crippen LogP contribution is -2.45. The van der Waals surface area contributed by atoms with Crippen molar-refractivity contribution in [1.82, 2.24) is 5.32 Å². The second-order valence-corrected chi connectivity index (χ2v) is 11.8. The van der Waals surface area contributed by atoms with Gasteiger partial charge in [0.25, 0.3) is 10.0 Å². The highest BCUT2D eigenvalue weighted by molar-refractivity contribution is 7.92. The Balaban J connectivity index is 1.67. The van der Waals surface area contributed by atoms with E-state index >= 15 is 0 Å². The first-order chi connectivity index (χ1) is 16.5. The number of ether oxygens (including phenoxy) is 1. The number of hydrogen-bond acceptors (Lipinski definition) is 4. The lowest BCUT2D eigenvalue weighted by Gasteiger charge is -2.38. The third kappa shape index (κ3) is 5.58. The van der Waals surface area contributed by atoms with Crippen molar-refractivity contribution in [3.8, 4) is 5.75 Å². The number of hydrogen-bond donors (Lipinski definition) is 1. The Morgan fingerprint density at radius 2 is 1.77 bits per heavy atom. The molecule has 9 heteroatoms. The summed E-state index contributed by atoms with van der Waals surface area (Å²) in [6.07, 6.45) is 0.535. The number of nitrogens with one attached hydrogen (secondary N) is 1. The first-order valence-corrected chi connectivity index (χ1v) is 13.3. The van der Waals surface area contributed by atoms with Crippen LogP contribution in [0.15, 0.2) is 71.6 Å². The summed E-state index contributed by atoms with van der Waals surface area (Å²) in [6, 6.07) is 17.9. The van der Waals surface area contributed by atoms with Gasteiger partial charge in [-0.2, -0.15) is 0 Å². The number of amides is 1. The summed E-state index contributed by atoms with van der Waals surface area (Å²) < 4.78 is 34.2. The third-order valence-electron chi connectivity index (χ3n) is 5.77. The fourth-order valence-corrected chi connectivity index (χ4v) is 5.87. The number of sulfonamides is 1. The Hall–Kier alpha value is -2.74. The van der Waals surface area contributed by atoms with Gasteiger partial charge in [-0.15, -0.1) is 0 Å². The van der Waals surface area contributed by atoms with Crippen molar-refractivity contribution in [1.29, 1.82) is 0 Å². The van der Waals surface area contributed by atoms with Gasteiger partial charge in [-0.05, 0) is 57.2 Å². The smallest absolute Gasteiger partial charge is 0.264 e. The minimum Gasteiger partial charge on any atom is -0.487 e. The second-order valence-electron chi connectivity index (χ2n) is 9.15. The number of rotatable bonds is 6. The summed E-state index contributed by atoms with van der Waals surface area (Å²) in [6.45, 7) is 5.44. The fourth-order valence-electron chi connectivity index (χ4n) is 4.15. The molecule has 0 saturated heterocycles. The monoisotopic (exact) mass is 532 g/mol. The van der Waals surface area contributed by atoms with Gasteiger partial charge in [-0.3, -0.25) is 9.10 Å². The van der Waals surface area contributed by atoms with Gasteiger partial charge >= 0.3 is 0 Å². The molecular formula is C26H26Cl2N2O4S. The Labute approximate surface area is 215 Å². The molecule has 1 unspecified atom stereocenters. The summed E-state index contributed by atoms with van der Waals surface area (Å²) >= 11 is 12.2. The second kappa shape index (κ2) is 9.72. The Morgan fingerprint density at radius 3 is 2.46 bits per heavy atom. The van der Waals surface area contributed by atoms with E-state index in [0.717, 1.165) is 15.4 Å². The van der Waals surface area contributed by atoms with E-state index in [1.54, 1.807) is 18.2 Å². The minimum atomic E-state index is -4.06. The van der Waals surface area contributed by atoms with Crippen molar-refractivity contribution < 1.29 is 17.9 Å². The lowest BCUT2D eigenvalue weighted by molar-refractivity contribution is -0.120. The van der Waals surface area contributed by atoms with Gasteiger partial charge in [-0.25, -0.2) is 8.42 Å². The van der Waals surface area contributed by atoms with Crippen LogP contribution in [0.1, 0.15) is 37.4 Å². The topological polar surface area (TPSA) is 75.7 Å². The zero-order chi connectivity index (χ0) is 25.4. The van der Waals surface area contributed by atoms with Gasteiger partial charge in [0, 0.05) is 12.0 Å². The Morgan fingerprint density at radius 1 is 1.06 bits per heavy atom. The van der Waals surface area contributed by atoms with E-state index in [2.05, 4.69) is 5.32 Å². The molecule has 184 valence electrons. The van der Waals surface area contributed by atoms with Crippen LogP contribution in [-0.2, 0) is 14.8 Å². The molecule has 1 N–H and O–H groups in total. The Bertz CT molecular complexity index is 1360. The SMILES string of the molecule is Cc1ccc2c(c1)C(NC(=O)CN(c1ccc(Cl)c(Cl)c1)S(=O)(=O)c1ccccc1)CC(C)(C)O2. The van der Waals surface area contributed by atoms with Gasteiger partial charge in [0.05, 0.1) is 26.7 Å². The average molecular weight is 533 g/mol. The van der Waals surface area contributed by atoms with E-state index < -0.39 is 28.1 Å². The predicted molar refractivity (Wildman–Crippen MR) is 139 cm³/mol. The molecule has 1 heterocycles. The number of carbonyl (C=O) groups excluding carboxylic acids is 1. The van der Waals surface area contributed by atoms with Gasteiger partial charge in [0.2, 0.25) is 5.91 Å². The maximum atomic E-state index is 13.6. The molecule has 0 bridgehead atoms. The number of halogens is 2. The molecule has 1 aliphatic heterocycles. The van der Waals surface area contributed by atoms with E-state index in [-0.39, 0.29) is 26.7 Å². The fraction of sp³-hybridized carbons (Fsp3) is 0.269. The van der Waals surface area contributed by atoms with Crippen molar-refractivity contribution in [3.63, 3.8) is 0 Å². The van der Waals surface area contributed by atoms with Gasteiger partial charge in [0.1, 0.15) is 17.9 Å². The molecule has 3 aromatic carbocycles. The van der Waals surface area contributed by atoms with Crippen LogP contribution in [0, 0.1) is 6.92 Å². The molecule has 0 saturated carbocycles. The number of aryl methyl sites for hydroxylation is 1. The third-order valence-corrected chi connectivity index (χ3v) is 8.29. The number of anilines is 1. The van der Waals surface area contributed by atoms with Crippen LogP contribution >= 0.6 is 23.2 Å².